The van der Waals surface area contributed by atoms with Crippen molar-refractivity contribution in [2.24, 2.45) is 0 Å². The number of nitrogens with one attached hydrogen (secondary N) is 1. The van der Waals surface area contributed by atoms with Gasteiger partial charge in [0.25, 0.3) is 5.91 Å². The quantitative estimate of drug-likeness (QED) is 0.916. The summed E-state index contributed by atoms with van der Waals surface area (Å²) >= 11 is 0. The second kappa shape index (κ2) is 5.65. The van der Waals surface area contributed by atoms with E-state index in [1.807, 2.05) is 26.8 Å². The molecule has 0 saturated heterocycles. The number of rotatable bonds is 4. The monoisotopic (exact) mass is 259 g/mol. The molecular weight excluding hydrogens is 242 g/mol. The minimum atomic E-state index is -0.0975. The van der Waals surface area contributed by atoms with Gasteiger partial charge in [0.2, 0.25) is 0 Å². The lowest BCUT2D eigenvalue weighted by Gasteiger charge is -2.04. The van der Waals surface area contributed by atoms with Crippen LogP contribution < -0.4 is 5.32 Å². The van der Waals surface area contributed by atoms with Crippen LogP contribution in [0.4, 0.5) is 0 Å². The van der Waals surface area contributed by atoms with E-state index in [1.54, 1.807) is 12.3 Å². The predicted octanol–water partition coefficient (Wildman–Crippen LogP) is 2.49. The third-order valence-corrected chi connectivity index (χ3v) is 2.85. The summed E-state index contributed by atoms with van der Waals surface area (Å²) in [5, 5.41) is 6.71. The smallest absolute Gasteiger partial charge is 0.252 e. The molecule has 1 N–H and O–H groups in total. The molecule has 2 rings (SSSR count). The van der Waals surface area contributed by atoms with Crippen molar-refractivity contribution in [3.05, 3.63) is 35.3 Å². The molecule has 0 aliphatic heterocycles. The molecule has 0 aromatic carbocycles. The second-order valence-corrected chi connectivity index (χ2v) is 4.39. The van der Waals surface area contributed by atoms with Crippen LogP contribution >= 0.6 is 0 Å². The predicted molar refractivity (Wildman–Crippen MR) is 71.8 cm³/mol. The van der Waals surface area contributed by atoms with Crippen LogP contribution in [0.5, 0.6) is 0 Å². The van der Waals surface area contributed by atoms with Crippen molar-refractivity contribution in [1.29, 1.82) is 0 Å². The van der Waals surface area contributed by atoms with Crippen molar-refractivity contribution < 1.29 is 9.32 Å². The molecule has 1 amide bonds. The molecule has 2 aromatic heterocycles. The molecule has 0 atom stereocenters. The van der Waals surface area contributed by atoms with Crippen molar-refractivity contribution in [2.45, 2.75) is 27.2 Å². The van der Waals surface area contributed by atoms with E-state index in [-0.39, 0.29) is 5.91 Å². The Balaban J connectivity index is 2.21. The Kier molecular flexibility index (Phi) is 3.94. The summed E-state index contributed by atoms with van der Waals surface area (Å²) in [5.41, 5.74) is 3.01. The van der Waals surface area contributed by atoms with E-state index in [1.165, 1.54) is 0 Å². The minimum absolute atomic E-state index is 0.0975. The molecule has 5 nitrogen and oxygen atoms in total. The summed E-state index contributed by atoms with van der Waals surface area (Å²) in [4.78, 5) is 16.1. The van der Waals surface area contributed by atoms with Gasteiger partial charge in [-0.2, -0.15) is 0 Å². The van der Waals surface area contributed by atoms with Gasteiger partial charge in [-0.05, 0) is 32.4 Å². The highest BCUT2D eigenvalue weighted by atomic mass is 16.5. The summed E-state index contributed by atoms with van der Waals surface area (Å²) in [6.07, 6.45) is 2.49. The maximum Gasteiger partial charge on any atom is 0.252 e. The Morgan fingerprint density at radius 2 is 2.16 bits per heavy atom. The summed E-state index contributed by atoms with van der Waals surface area (Å²) in [7, 11) is 0. The first-order chi connectivity index (χ1) is 9.13. The molecule has 5 heteroatoms. The topological polar surface area (TPSA) is 68.0 Å². The average molecular weight is 259 g/mol. The number of aromatic nitrogens is 2. The van der Waals surface area contributed by atoms with Gasteiger partial charge in [0, 0.05) is 12.7 Å². The van der Waals surface area contributed by atoms with E-state index < -0.39 is 0 Å². The number of pyridine rings is 1. The lowest BCUT2D eigenvalue weighted by atomic mass is 10.1. The molecule has 0 spiro atoms. The maximum atomic E-state index is 11.8. The first-order valence-corrected chi connectivity index (χ1v) is 6.31. The average Bonchev–Trinajstić information content (AvgIpc) is 2.76. The number of aryl methyl sites for hydroxylation is 2. The van der Waals surface area contributed by atoms with Gasteiger partial charge < -0.3 is 9.84 Å². The third kappa shape index (κ3) is 2.81. The number of carbonyl (C=O) groups is 1. The zero-order chi connectivity index (χ0) is 13.8. The van der Waals surface area contributed by atoms with Crippen molar-refractivity contribution in [3.8, 4) is 11.3 Å². The number of carbonyl (C=O) groups excluding carboxylic acids is 1. The SMILES string of the molecule is CCCNC(=O)c1ccc(-c2c(C)noc2C)nc1. The fourth-order valence-corrected chi connectivity index (χ4v) is 1.87. The first kappa shape index (κ1) is 13.3. The molecule has 0 bridgehead atoms. The first-order valence-electron chi connectivity index (χ1n) is 6.31. The largest absolute Gasteiger partial charge is 0.361 e. The van der Waals surface area contributed by atoms with Crippen molar-refractivity contribution in [2.75, 3.05) is 6.54 Å². The normalized spacial score (nSPS) is 10.5. The molecule has 0 fully saturated rings. The van der Waals surface area contributed by atoms with Crippen LogP contribution in [0.3, 0.4) is 0 Å². The molecule has 100 valence electrons. The maximum absolute atomic E-state index is 11.8. The number of amides is 1. The van der Waals surface area contributed by atoms with Crippen LogP contribution in [0.15, 0.2) is 22.9 Å². The summed E-state index contributed by atoms with van der Waals surface area (Å²) in [6, 6.07) is 3.58. The Hall–Kier alpha value is -2.17. The van der Waals surface area contributed by atoms with Crippen LogP contribution in [-0.2, 0) is 0 Å². The van der Waals surface area contributed by atoms with Crippen LogP contribution in [0, 0.1) is 13.8 Å². The van der Waals surface area contributed by atoms with Crippen molar-refractivity contribution in [1.82, 2.24) is 15.5 Å². The molecule has 0 aliphatic carbocycles. The van der Waals surface area contributed by atoms with Crippen molar-refractivity contribution >= 4 is 5.91 Å². The summed E-state index contributed by atoms with van der Waals surface area (Å²) in [6.45, 7) is 6.40. The van der Waals surface area contributed by atoms with Gasteiger partial charge in [0.1, 0.15) is 5.76 Å². The molecule has 0 aliphatic rings. The summed E-state index contributed by atoms with van der Waals surface area (Å²) in [5.74, 6) is 0.632. The second-order valence-electron chi connectivity index (χ2n) is 4.39. The Labute approximate surface area is 112 Å². The third-order valence-electron chi connectivity index (χ3n) is 2.85. The van der Waals surface area contributed by atoms with Gasteiger partial charge in [-0.3, -0.25) is 9.78 Å². The molecule has 0 radical (unpaired) electrons. The lowest BCUT2D eigenvalue weighted by molar-refractivity contribution is 0.0953. The fraction of sp³-hybridized carbons (Fsp3) is 0.357. The fourth-order valence-electron chi connectivity index (χ4n) is 1.87. The molecule has 2 aromatic rings. The van der Waals surface area contributed by atoms with Gasteiger partial charge in [-0.1, -0.05) is 12.1 Å². The van der Waals surface area contributed by atoms with Gasteiger partial charge in [-0.15, -0.1) is 0 Å². The van der Waals surface area contributed by atoms with Crippen molar-refractivity contribution in [3.63, 3.8) is 0 Å². The lowest BCUT2D eigenvalue weighted by Crippen LogP contribution is -2.24. The van der Waals surface area contributed by atoms with E-state index in [0.29, 0.717) is 12.1 Å². The van der Waals surface area contributed by atoms with Crippen LogP contribution in [0.25, 0.3) is 11.3 Å². The molecule has 0 saturated carbocycles. The van der Waals surface area contributed by atoms with E-state index in [9.17, 15) is 4.79 Å². The zero-order valence-electron chi connectivity index (χ0n) is 11.4. The summed E-state index contributed by atoms with van der Waals surface area (Å²) < 4.78 is 5.11. The molecule has 2 heterocycles. The molecule has 0 unspecified atom stereocenters. The number of nitrogens with zero attached hydrogens (tertiary/aromatic N) is 2. The van der Waals surface area contributed by atoms with Crippen LogP contribution in [0.1, 0.15) is 35.2 Å². The van der Waals surface area contributed by atoms with Gasteiger partial charge in [0.15, 0.2) is 0 Å². The van der Waals surface area contributed by atoms with E-state index in [0.717, 1.165) is 29.1 Å². The Morgan fingerprint density at radius 3 is 2.68 bits per heavy atom. The highest BCUT2D eigenvalue weighted by Crippen LogP contribution is 2.24. The number of hydrogen-bond acceptors (Lipinski definition) is 4. The highest BCUT2D eigenvalue weighted by molar-refractivity contribution is 5.94. The molecular formula is C14H17N3O2. The zero-order valence-corrected chi connectivity index (χ0v) is 11.4. The highest BCUT2D eigenvalue weighted by Gasteiger charge is 2.13. The molecule has 19 heavy (non-hydrogen) atoms. The van der Waals surface area contributed by atoms with E-state index in [2.05, 4.69) is 15.5 Å². The minimum Gasteiger partial charge on any atom is -0.361 e. The Morgan fingerprint density at radius 1 is 1.37 bits per heavy atom. The van der Waals surface area contributed by atoms with Crippen LogP contribution in [-0.4, -0.2) is 22.6 Å². The standard InChI is InChI=1S/C14H17N3O2/c1-4-7-15-14(18)11-5-6-12(16-8-11)13-9(2)17-19-10(13)3/h5-6,8H,4,7H2,1-3H3,(H,15,18). The number of hydrogen-bond donors (Lipinski definition) is 1. The van der Waals surface area contributed by atoms with Gasteiger partial charge >= 0.3 is 0 Å². The van der Waals surface area contributed by atoms with Crippen LogP contribution in [0.2, 0.25) is 0 Å². The van der Waals surface area contributed by atoms with E-state index >= 15 is 0 Å². The Bertz CT molecular complexity index is 553. The van der Waals surface area contributed by atoms with E-state index in [4.69, 9.17) is 4.52 Å². The van der Waals surface area contributed by atoms with Gasteiger partial charge in [0.05, 0.1) is 22.5 Å². The van der Waals surface area contributed by atoms with Gasteiger partial charge in [-0.25, -0.2) is 0 Å².